The van der Waals surface area contributed by atoms with Crippen LogP contribution in [0.1, 0.15) is 40.8 Å². The zero-order valence-electron chi connectivity index (χ0n) is 14.6. The number of nitroso groups, excluding NO2 is 1. The molecule has 0 saturated heterocycles. The lowest BCUT2D eigenvalue weighted by Crippen LogP contribution is -2.09. The number of nitrogens with zero attached hydrogens (tertiary/aromatic N) is 2. The topological polar surface area (TPSA) is 42.3 Å². The number of hydrogen-bond acceptors (Lipinski definition) is 3. The molecule has 0 aliphatic heterocycles. The van der Waals surface area contributed by atoms with E-state index in [9.17, 15) is 13.7 Å². The van der Waals surface area contributed by atoms with Gasteiger partial charge in [0.05, 0.1) is 0 Å². The van der Waals surface area contributed by atoms with Crippen LogP contribution < -0.4 is 0 Å². The highest BCUT2D eigenvalue weighted by Gasteiger charge is 2.25. The van der Waals surface area contributed by atoms with Gasteiger partial charge in [-0.05, 0) is 60.4 Å². The van der Waals surface area contributed by atoms with E-state index in [1.54, 1.807) is 18.3 Å². The Bertz CT molecular complexity index is 947. The molecule has 6 heteroatoms. The summed E-state index contributed by atoms with van der Waals surface area (Å²) in [5.41, 5.74) is 2.65. The minimum absolute atomic E-state index is 0.261. The molecule has 0 amide bonds. The Kier molecular flexibility index (Phi) is 6.06. The number of rotatable bonds is 6. The molecule has 3 aromatic rings. The van der Waals surface area contributed by atoms with Gasteiger partial charge in [0.15, 0.2) is 0 Å². The molecule has 1 aromatic heterocycles. The summed E-state index contributed by atoms with van der Waals surface area (Å²) in [5.74, 6) is -1.73. The molecule has 138 valence electrons. The van der Waals surface area contributed by atoms with Crippen LogP contribution in [0.4, 0.5) is 8.78 Å². The summed E-state index contributed by atoms with van der Waals surface area (Å²) in [5, 5.41) is 3.27. The molecule has 2 atom stereocenters. The van der Waals surface area contributed by atoms with Gasteiger partial charge in [0.25, 0.3) is 0 Å². The maximum absolute atomic E-state index is 14.5. The Morgan fingerprint density at radius 1 is 1.04 bits per heavy atom. The van der Waals surface area contributed by atoms with Gasteiger partial charge in [0, 0.05) is 28.3 Å². The van der Waals surface area contributed by atoms with Gasteiger partial charge in [0.2, 0.25) is 0 Å². The van der Waals surface area contributed by atoms with Gasteiger partial charge in [-0.15, -0.1) is 0 Å². The predicted molar refractivity (Wildman–Crippen MR) is 104 cm³/mol. The third-order valence-electron chi connectivity index (χ3n) is 4.50. The summed E-state index contributed by atoms with van der Waals surface area (Å²) in [7, 11) is 0. The quantitative estimate of drug-likeness (QED) is 0.421. The van der Waals surface area contributed by atoms with Crippen LogP contribution in [0.2, 0.25) is 0 Å². The molecule has 0 spiro atoms. The summed E-state index contributed by atoms with van der Waals surface area (Å²) >= 11 is 3.38. The number of benzene rings is 2. The largest absolute Gasteiger partial charge is 0.262 e. The second kappa shape index (κ2) is 8.48. The van der Waals surface area contributed by atoms with E-state index in [4.69, 9.17) is 0 Å². The van der Waals surface area contributed by atoms with Crippen LogP contribution in [0, 0.1) is 23.5 Å². The van der Waals surface area contributed by atoms with E-state index < -0.39 is 23.6 Å². The first kappa shape index (κ1) is 19.3. The number of pyridine rings is 1. The maximum Gasteiger partial charge on any atom is 0.129 e. The number of aryl methyl sites for hydroxylation is 1. The van der Waals surface area contributed by atoms with Gasteiger partial charge in [-0.1, -0.05) is 39.3 Å². The lowest BCUT2D eigenvalue weighted by atomic mass is 9.84. The van der Waals surface area contributed by atoms with E-state index in [-0.39, 0.29) is 6.42 Å². The van der Waals surface area contributed by atoms with E-state index in [0.717, 1.165) is 27.4 Å². The van der Waals surface area contributed by atoms with Gasteiger partial charge < -0.3 is 0 Å². The highest BCUT2D eigenvalue weighted by Crippen LogP contribution is 2.37. The van der Waals surface area contributed by atoms with Crippen molar-refractivity contribution in [2.24, 2.45) is 5.18 Å². The molecule has 3 rings (SSSR count). The van der Waals surface area contributed by atoms with Crippen molar-refractivity contribution in [2.75, 3.05) is 0 Å². The molecule has 0 saturated carbocycles. The van der Waals surface area contributed by atoms with Crippen LogP contribution in [0.25, 0.3) is 0 Å². The third kappa shape index (κ3) is 4.63. The van der Waals surface area contributed by atoms with Crippen molar-refractivity contribution in [3.05, 3.63) is 104 Å². The van der Waals surface area contributed by atoms with E-state index >= 15 is 0 Å². The summed E-state index contributed by atoms with van der Waals surface area (Å²) in [6, 6.07) is 13.8. The van der Waals surface area contributed by atoms with Crippen LogP contribution in [0.5, 0.6) is 0 Å². The maximum atomic E-state index is 14.5. The third-order valence-corrected chi connectivity index (χ3v) is 5.03. The first-order valence-electron chi connectivity index (χ1n) is 8.43. The molecular weight excluding hydrogens is 414 g/mol. The summed E-state index contributed by atoms with van der Waals surface area (Å²) in [6.45, 7) is 1.83. The highest BCUT2D eigenvalue weighted by molar-refractivity contribution is 9.10. The average molecular weight is 431 g/mol. The fourth-order valence-electron chi connectivity index (χ4n) is 3.16. The van der Waals surface area contributed by atoms with Gasteiger partial charge in [0.1, 0.15) is 17.7 Å². The second-order valence-corrected chi connectivity index (χ2v) is 7.27. The first-order valence-corrected chi connectivity index (χ1v) is 9.22. The van der Waals surface area contributed by atoms with Crippen LogP contribution in [-0.2, 0) is 0 Å². The molecule has 27 heavy (non-hydrogen) atoms. The van der Waals surface area contributed by atoms with Crippen molar-refractivity contribution in [3.8, 4) is 0 Å². The van der Waals surface area contributed by atoms with Crippen LogP contribution in [-0.4, -0.2) is 4.98 Å². The molecule has 0 fully saturated rings. The fourth-order valence-corrected chi connectivity index (χ4v) is 3.42. The van der Waals surface area contributed by atoms with Gasteiger partial charge in [-0.3, -0.25) is 4.98 Å². The van der Waals surface area contributed by atoms with Crippen molar-refractivity contribution in [1.82, 2.24) is 4.98 Å². The average Bonchev–Trinajstić information content (AvgIpc) is 2.64. The van der Waals surface area contributed by atoms with Crippen molar-refractivity contribution >= 4 is 15.9 Å². The highest BCUT2D eigenvalue weighted by atomic mass is 79.9. The summed E-state index contributed by atoms with van der Waals surface area (Å²) in [4.78, 5) is 15.7. The van der Waals surface area contributed by atoms with E-state index in [1.165, 1.54) is 12.1 Å². The fraction of sp³-hybridized carbons (Fsp3) is 0.190. The van der Waals surface area contributed by atoms with Crippen molar-refractivity contribution in [3.63, 3.8) is 0 Å². The molecule has 0 aliphatic carbocycles. The van der Waals surface area contributed by atoms with Crippen molar-refractivity contribution in [1.29, 1.82) is 0 Å². The van der Waals surface area contributed by atoms with Crippen molar-refractivity contribution < 1.29 is 8.78 Å². The molecular formula is C21H17BrF2N2O. The Hall–Kier alpha value is -2.47. The van der Waals surface area contributed by atoms with Crippen molar-refractivity contribution in [2.45, 2.75) is 25.3 Å². The smallest absolute Gasteiger partial charge is 0.129 e. The summed E-state index contributed by atoms with van der Waals surface area (Å²) in [6.07, 6.45) is 1.88. The molecule has 3 nitrogen and oxygen atoms in total. The Balaban J connectivity index is 2.03. The second-order valence-electron chi connectivity index (χ2n) is 6.36. The number of aromatic nitrogens is 1. The lowest BCUT2D eigenvalue weighted by Gasteiger charge is -2.22. The Morgan fingerprint density at radius 3 is 2.41 bits per heavy atom. The van der Waals surface area contributed by atoms with Crippen LogP contribution in [0.15, 0.2) is 70.4 Å². The SMILES string of the molecule is Cc1cc(C(CC(c2ccc(Br)cc2)c2ccc(F)cc2F)N=O)ccn1. The first-order chi connectivity index (χ1) is 13.0. The molecule has 0 radical (unpaired) electrons. The zero-order valence-corrected chi connectivity index (χ0v) is 16.2. The minimum atomic E-state index is -0.676. The van der Waals surface area contributed by atoms with Gasteiger partial charge in [-0.2, -0.15) is 4.91 Å². The van der Waals surface area contributed by atoms with E-state index in [2.05, 4.69) is 26.1 Å². The standard InChI is InChI=1S/C21H17BrF2N2O/c1-13-10-15(8-9-25-13)21(26-27)12-19(14-2-4-16(22)5-3-14)18-7-6-17(23)11-20(18)24/h2-11,19,21H,12H2,1H3. The molecule has 0 bridgehead atoms. The lowest BCUT2D eigenvalue weighted by molar-refractivity contribution is 0.537. The molecule has 2 unspecified atom stereocenters. The Morgan fingerprint density at radius 2 is 1.78 bits per heavy atom. The van der Waals surface area contributed by atoms with Gasteiger partial charge in [-0.25, -0.2) is 8.78 Å². The molecule has 2 aromatic carbocycles. The number of halogens is 3. The monoisotopic (exact) mass is 430 g/mol. The molecule has 0 N–H and O–H groups in total. The number of hydrogen-bond donors (Lipinski definition) is 0. The molecule has 0 aliphatic rings. The molecule has 1 heterocycles. The van der Waals surface area contributed by atoms with Crippen LogP contribution in [0.3, 0.4) is 0 Å². The van der Waals surface area contributed by atoms with E-state index in [0.29, 0.717) is 5.56 Å². The summed E-state index contributed by atoms with van der Waals surface area (Å²) < 4.78 is 28.8. The zero-order chi connectivity index (χ0) is 19.4. The minimum Gasteiger partial charge on any atom is -0.262 e. The van der Waals surface area contributed by atoms with Crippen LogP contribution >= 0.6 is 15.9 Å². The Labute approximate surface area is 164 Å². The van der Waals surface area contributed by atoms with E-state index in [1.807, 2.05) is 31.2 Å². The predicted octanol–water partition coefficient (Wildman–Crippen LogP) is 6.46. The van der Waals surface area contributed by atoms with Gasteiger partial charge >= 0.3 is 0 Å². The normalized spacial score (nSPS) is 13.2.